The Balaban J connectivity index is 1.88. The van der Waals surface area contributed by atoms with Gasteiger partial charge in [-0.2, -0.15) is 5.10 Å². The van der Waals surface area contributed by atoms with Crippen LogP contribution in [0.1, 0.15) is 50.7 Å². The Kier molecular flexibility index (Phi) is 7.50. The molecular formula is C25H28Cl2N4O2. The summed E-state index contributed by atoms with van der Waals surface area (Å²) in [6.45, 7) is 9.75. The van der Waals surface area contributed by atoms with Gasteiger partial charge in [0.25, 0.3) is 5.91 Å². The van der Waals surface area contributed by atoms with Gasteiger partial charge in [-0.1, -0.05) is 56.1 Å². The summed E-state index contributed by atoms with van der Waals surface area (Å²) in [4.78, 5) is 27.6. The molecule has 6 nitrogen and oxygen atoms in total. The van der Waals surface area contributed by atoms with Gasteiger partial charge in [0.1, 0.15) is 12.4 Å². The zero-order chi connectivity index (χ0) is 24.3. The summed E-state index contributed by atoms with van der Waals surface area (Å²) in [6, 6.07) is 15.7. The SMILES string of the molecule is CC(C)N(CC(=O)Nc1cc(C(C)(C)C)nn1-c1ccc(Cl)cc1)C(=O)c1ccccc1Cl. The van der Waals surface area contributed by atoms with Crippen molar-refractivity contribution in [2.45, 2.75) is 46.1 Å². The van der Waals surface area contributed by atoms with Gasteiger partial charge < -0.3 is 10.2 Å². The fraction of sp³-hybridized carbons (Fsp3) is 0.320. The zero-order valence-corrected chi connectivity index (χ0v) is 20.9. The molecule has 0 radical (unpaired) electrons. The summed E-state index contributed by atoms with van der Waals surface area (Å²) in [5.41, 5.74) is 1.72. The lowest BCUT2D eigenvalue weighted by Crippen LogP contribution is -2.42. The molecule has 0 fully saturated rings. The molecule has 2 amide bonds. The van der Waals surface area contributed by atoms with Crippen LogP contribution in [0.4, 0.5) is 5.82 Å². The van der Waals surface area contributed by atoms with Gasteiger partial charge in [0.05, 0.1) is 22.0 Å². The van der Waals surface area contributed by atoms with E-state index in [-0.39, 0.29) is 29.8 Å². The van der Waals surface area contributed by atoms with Crippen molar-refractivity contribution >= 4 is 40.8 Å². The van der Waals surface area contributed by atoms with Gasteiger partial charge in [0.15, 0.2) is 0 Å². The van der Waals surface area contributed by atoms with Gasteiger partial charge in [-0.05, 0) is 50.2 Å². The molecule has 0 bridgehead atoms. The van der Waals surface area contributed by atoms with E-state index in [1.54, 1.807) is 41.1 Å². The molecule has 1 heterocycles. The molecule has 3 aromatic rings. The van der Waals surface area contributed by atoms with E-state index in [4.69, 9.17) is 28.3 Å². The molecule has 0 saturated carbocycles. The first-order valence-electron chi connectivity index (χ1n) is 10.7. The van der Waals surface area contributed by atoms with Crippen LogP contribution < -0.4 is 5.32 Å². The van der Waals surface area contributed by atoms with E-state index in [1.165, 1.54) is 4.90 Å². The Labute approximate surface area is 204 Å². The molecule has 8 heteroatoms. The third kappa shape index (κ3) is 5.95. The maximum atomic E-state index is 13.1. The number of nitrogens with one attached hydrogen (secondary N) is 1. The topological polar surface area (TPSA) is 67.2 Å². The first-order valence-corrected chi connectivity index (χ1v) is 11.4. The van der Waals surface area contributed by atoms with Gasteiger partial charge in [-0.25, -0.2) is 4.68 Å². The first kappa shape index (κ1) is 24.8. The van der Waals surface area contributed by atoms with Gasteiger partial charge >= 0.3 is 0 Å². The molecule has 1 aromatic heterocycles. The highest BCUT2D eigenvalue weighted by Crippen LogP contribution is 2.27. The van der Waals surface area contributed by atoms with Crippen LogP contribution in [0.2, 0.25) is 10.0 Å². The predicted molar refractivity (Wildman–Crippen MR) is 134 cm³/mol. The minimum atomic E-state index is -0.334. The largest absolute Gasteiger partial charge is 0.327 e. The normalized spacial score (nSPS) is 11.5. The van der Waals surface area contributed by atoms with Crippen molar-refractivity contribution in [3.05, 3.63) is 75.9 Å². The minimum Gasteiger partial charge on any atom is -0.327 e. The second-order valence-electron chi connectivity index (χ2n) is 9.11. The van der Waals surface area contributed by atoms with E-state index in [0.29, 0.717) is 21.4 Å². The van der Waals surface area contributed by atoms with Crippen LogP contribution in [0.25, 0.3) is 5.69 Å². The molecular weight excluding hydrogens is 459 g/mol. The van der Waals surface area contributed by atoms with Crippen molar-refractivity contribution in [3.8, 4) is 5.69 Å². The van der Waals surface area contributed by atoms with Crippen LogP contribution in [0, 0.1) is 0 Å². The van der Waals surface area contributed by atoms with E-state index in [2.05, 4.69) is 26.1 Å². The Bertz CT molecular complexity index is 1150. The van der Waals surface area contributed by atoms with E-state index in [0.717, 1.165) is 11.4 Å². The van der Waals surface area contributed by atoms with E-state index in [1.807, 2.05) is 32.0 Å². The lowest BCUT2D eigenvalue weighted by Gasteiger charge is -2.26. The quantitative estimate of drug-likeness (QED) is 0.466. The Morgan fingerprint density at radius 3 is 2.27 bits per heavy atom. The average Bonchev–Trinajstić information content (AvgIpc) is 3.16. The fourth-order valence-electron chi connectivity index (χ4n) is 3.23. The first-order chi connectivity index (χ1) is 15.5. The minimum absolute atomic E-state index is 0.127. The van der Waals surface area contributed by atoms with Crippen LogP contribution in [-0.4, -0.2) is 39.1 Å². The van der Waals surface area contributed by atoms with Crippen molar-refractivity contribution in [1.29, 1.82) is 0 Å². The molecule has 0 unspecified atom stereocenters. The molecule has 174 valence electrons. The molecule has 33 heavy (non-hydrogen) atoms. The van der Waals surface area contributed by atoms with Gasteiger partial charge in [0, 0.05) is 22.5 Å². The van der Waals surface area contributed by atoms with Crippen molar-refractivity contribution in [2.75, 3.05) is 11.9 Å². The molecule has 1 N–H and O–H groups in total. The van der Waals surface area contributed by atoms with Crippen LogP contribution in [0.15, 0.2) is 54.6 Å². The smallest absolute Gasteiger partial charge is 0.256 e. The third-order valence-corrected chi connectivity index (χ3v) is 5.70. The van der Waals surface area contributed by atoms with Gasteiger partial charge in [0.2, 0.25) is 5.91 Å². The van der Waals surface area contributed by atoms with Crippen LogP contribution >= 0.6 is 23.2 Å². The van der Waals surface area contributed by atoms with Gasteiger partial charge in [-0.15, -0.1) is 0 Å². The number of benzene rings is 2. The zero-order valence-electron chi connectivity index (χ0n) is 19.4. The highest BCUT2D eigenvalue weighted by molar-refractivity contribution is 6.33. The van der Waals surface area contributed by atoms with Crippen molar-refractivity contribution < 1.29 is 9.59 Å². The van der Waals surface area contributed by atoms with Gasteiger partial charge in [-0.3, -0.25) is 9.59 Å². The third-order valence-electron chi connectivity index (χ3n) is 5.12. The number of amides is 2. The van der Waals surface area contributed by atoms with Crippen molar-refractivity contribution in [2.24, 2.45) is 0 Å². The Morgan fingerprint density at radius 1 is 1.06 bits per heavy atom. The number of aromatic nitrogens is 2. The summed E-state index contributed by atoms with van der Waals surface area (Å²) in [5, 5.41) is 8.59. The van der Waals surface area contributed by atoms with E-state index in [9.17, 15) is 9.59 Å². The number of carbonyl (C=O) groups is 2. The number of halogens is 2. The lowest BCUT2D eigenvalue weighted by atomic mass is 9.92. The van der Waals surface area contributed by atoms with E-state index >= 15 is 0 Å². The Morgan fingerprint density at radius 2 is 1.70 bits per heavy atom. The highest BCUT2D eigenvalue weighted by Gasteiger charge is 2.25. The molecule has 2 aromatic carbocycles. The molecule has 0 aliphatic carbocycles. The Hall–Kier alpha value is -2.83. The van der Waals surface area contributed by atoms with Crippen LogP contribution in [-0.2, 0) is 10.2 Å². The molecule has 0 saturated heterocycles. The number of nitrogens with zero attached hydrogens (tertiary/aromatic N) is 3. The molecule has 0 atom stereocenters. The number of carbonyl (C=O) groups excluding carboxylic acids is 2. The molecule has 3 rings (SSSR count). The number of hydrogen-bond donors (Lipinski definition) is 1. The lowest BCUT2D eigenvalue weighted by molar-refractivity contribution is -0.117. The van der Waals surface area contributed by atoms with Crippen molar-refractivity contribution in [1.82, 2.24) is 14.7 Å². The van der Waals surface area contributed by atoms with Crippen LogP contribution in [0.5, 0.6) is 0 Å². The number of hydrogen-bond acceptors (Lipinski definition) is 3. The standard InChI is InChI=1S/C25H28Cl2N4O2/c1-16(2)30(24(33)19-8-6-7-9-20(19)27)15-23(32)28-22-14-21(25(3,4)5)29-31(22)18-12-10-17(26)11-13-18/h6-14,16H,15H2,1-5H3,(H,28,32). The number of rotatable bonds is 6. The van der Waals surface area contributed by atoms with E-state index < -0.39 is 0 Å². The maximum absolute atomic E-state index is 13.1. The second-order valence-corrected chi connectivity index (χ2v) is 9.95. The summed E-state index contributed by atoms with van der Waals surface area (Å²) >= 11 is 12.2. The second kappa shape index (κ2) is 9.98. The van der Waals surface area contributed by atoms with Crippen LogP contribution in [0.3, 0.4) is 0 Å². The molecule has 0 aliphatic rings. The number of anilines is 1. The summed E-state index contributed by atoms with van der Waals surface area (Å²) in [7, 11) is 0. The maximum Gasteiger partial charge on any atom is 0.256 e. The molecule has 0 aliphatic heterocycles. The summed E-state index contributed by atoms with van der Waals surface area (Å²) in [6.07, 6.45) is 0. The molecule has 0 spiro atoms. The average molecular weight is 487 g/mol. The monoisotopic (exact) mass is 486 g/mol. The fourth-order valence-corrected chi connectivity index (χ4v) is 3.57. The highest BCUT2D eigenvalue weighted by atomic mass is 35.5. The summed E-state index contributed by atoms with van der Waals surface area (Å²) < 4.78 is 1.67. The van der Waals surface area contributed by atoms with Crippen molar-refractivity contribution in [3.63, 3.8) is 0 Å². The summed E-state index contributed by atoms with van der Waals surface area (Å²) in [5.74, 6) is -0.117. The predicted octanol–water partition coefficient (Wildman–Crippen LogP) is 5.97.